The highest BCUT2D eigenvalue weighted by Gasteiger charge is 2.02. The Morgan fingerprint density at radius 1 is 1.62 bits per heavy atom. The normalized spacial score (nSPS) is 10.6. The molecular weight excluding hydrogens is 182 g/mol. The van der Waals surface area contributed by atoms with Crippen molar-refractivity contribution in [2.24, 2.45) is 0 Å². The van der Waals surface area contributed by atoms with Gasteiger partial charge in [0.05, 0.1) is 6.61 Å². The van der Waals surface area contributed by atoms with Crippen LogP contribution in [0.25, 0.3) is 0 Å². The van der Waals surface area contributed by atoms with Crippen LogP contribution in [-0.2, 0) is 6.54 Å². The van der Waals surface area contributed by atoms with Gasteiger partial charge in [0.15, 0.2) is 0 Å². The number of aliphatic hydroxyl groups is 1. The second-order valence-electron chi connectivity index (χ2n) is 2.88. The number of nitrogens with zero attached hydrogens (tertiary/aromatic N) is 1. The Bertz CT molecular complexity index is 233. The molecule has 0 radical (unpaired) electrons. The van der Waals surface area contributed by atoms with Gasteiger partial charge >= 0.3 is 0 Å². The van der Waals surface area contributed by atoms with Gasteiger partial charge in [-0.3, -0.25) is 4.90 Å². The van der Waals surface area contributed by atoms with Crippen molar-refractivity contribution in [3.63, 3.8) is 0 Å². The zero-order valence-corrected chi connectivity index (χ0v) is 8.46. The quantitative estimate of drug-likeness (QED) is 0.702. The largest absolute Gasteiger partial charge is 0.395 e. The molecule has 1 heterocycles. The van der Waals surface area contributed by atoms with Gasteiger partial charge in [-0.2, -0.15) is 11.3 Å². The number of thiophene rings is 1. The molecule has 1 aromatic heterocycles. The van der Waals surface area contributed by atoms with Crippen LogP contribution in [0.3, 0.4) is 0 Å². The highest BCUT2D eigenvalue weighted by molar-refractivity contribution is 7.07. The molecule has 0 unspecified atom stereocenters. The lowest BCUT2D eigenvalue weighted by atomic mass is 10.3. The number of rotatable bonds is 6. The first kappa shape index (κ1) is 10.4. The molecule has 3 heteroatoms. The molecule has 0 bridgehead atoms. The van der Waals surface area contributed by atoms with E-state index in [4.69, 9.17) is 5.11 Å². The fourth-order valence-electron chi connectivity index (χ4n) is 1.20. The van der Waals surface area contributed by atoms with Crippen molar-refractivity contribution in [1.29, 1.82) is 0 Å². The Hall–Kier alpha value is -0.640. The molecule has 0 spiro atoms. The van der Waals surface area contributed by atoms with Crippen LogP contribution in [0.1, 0.15) is 5.56 Å². The molecule has 1 N–H and O–H groups in total. The zero-order chi connectivity index (χ0) is 9.52. The summed E-state index contributed by atoms with van der Waals surface area (Å²) in [6.07, 6.45) is 1.86. The lowest BCUT2D eigenvalue weighted by Crippen LogP contribution is -2.26. The first-order valence-corrected chi connectivity index (χ1v) is 5.26. The maximum atomic E-state index is 8.82. The highest BCUT2D eigenvalue weighted by Crippen LogP contribution is 2.08. The van der Waals surface area contributed by atoms with Crippen molar-refractivity contribution in [2.45, 2.75) is 6.54 Å². The van der Waals surface area contributed by atoms with Crippen LogP contribution in [0.5, 0.6) is 0 Å². The van der Waals surface area contributed by atoms with E-state index >= 15 is 0 Å². The minimum absolute atomic E-state index is 0.206. The molecule has 13 heavy (non-hydrogen) atoms. The number of hydrogen-bond acceptors (Lipinski definition) is 3. The van der Waals surface area contributed by atoms with Crippen molar-refractivity contribution in [2.75, 3.05) is 19.7 Å². The fourth-order valence-corrected chi connectivity index (χ4v) is 1.86. The second-order valence-corrected chi connectivity index (χ2v) is 3.66. The van der Waals surface area contributed by atoms with Crippen LogP contribution in [0.15, 0.2) is 29.5 Å². The van der Waals surface area contributed by atoms with E-state index in [-0.39, 0.29) is 6.61 Å². The van der Waals surface area contributed by atoms with Crippen LogP contribution in [0.2, 0.25) is 0 Å². The third-order valence-corrected chi connectivity index (χ3v) is 2.52. The van der Waals surface area contributed by atoms with E-state index < -0.39 is 0 Å². The minimum Gasteiger partial charge on any atom is -0.395 e. The van der Waals surface area contributed by atoms with Crippen LogP contribution >= 0.6 is 11.3 Å². The van der Waals surface area contributed by atoms with Gasteiger partial charge in [0.1, 0.15) is 0 Å². The fraction of sp³-hybridized carbons (Fsp3) is 0.400. The summed E-state index contributed by atoms with van der Waals surface area (Å²) in [6, 6.07) is 2.11. The van der Waals surface area contributed by atoms with E-state index in [9.17, 15) is 0 Å². The van der Waals surface area contributed by atoms with E-state index in [2.05, 4.69) is 28.3 Å². The summed E-state index contributed by atoms with van der Waals surface area (Å²) in [4.78, 5) is 2.16. The third kappa shape index (κ3) is 3.72. The Balaban J connectivity index is 2.42. The van der Waals surface area contributed by atoms with Crippen molar-refractivity contribution in [3.8, 4) is 0 Å². The molecule has 0 amide bonds. The summed E-state index contributed by atoms with van der Waals surface area (Å²) in [5.74, 6) is 0. The van der Waals surface area contributed by atoms with Crippen LogP contribution in [0, 0.1) is 0 Å². The minimum atomic E-state index is 0.206. The van der Waals surface area contributed by atoms with Gasteiger partial charge in [0.25, 0.3) is 0 Å². The smallest absolute Gasteiger partial charge is 0.0558 e. The van der Waals surface area contributed by atoms with E-state index in [1.54, 1.807) is 11.3 Å². The lowest BCUT2D eigenvalue weighted by Gasteiger charge is -2.18. The molecule has 2 nitrogen and oxygen atoms in total. The number of aliphatic hydroxyl groups excluding tert-OH is 1. The van der Waals surface area contributed by atoms with Gasteiger partial charge in [-0.15, -0.1) is 6.58 Å². The summed E-state index contributed by atoms with van der Waals surface area (Å²) in [5, 5.41) is 13.0. The van der Waals surface area contributed by atoms with Crippen LogP contribution in [-0.4, -0.2) is 29.7 Å². The zero-order valence-electron chi connectivity index (χ0n) is 7.65. The maximum Gasteiger partial charge on any atom is 0.0558 e. The molecule has 0 aliphatic heterocycles. The average molecular weight is 197 g/mol. The molecule has 0 aliphatic rings. The van der Waals surface area contributed by atoms with Gasteiger partial charge in [-0.1, -0.05) is 6.08 Å². The summed E-state index contributed by atoms with van der Waals surface area (Å²) >= 11 is 1.70. The molecule has 0 aromatic carbocycles. The van der Waals surface area contributed by atoms with E-state index in [0.717, 1.165) is 13.1 Å². The van der Waals surface area contributed by atoms with Gasteiger partial charge in [-0.05, 0) is 22.4 Å². The predicted octanol–water partition coefficient (Wildman–Crippen LogP) is 1.73. The molecule has 0 aliphatic carbocycles. The van der Waals surface area contributed by atoms with Gasteiger partial charge in [-0.25, -0.2) is 0 Å². The molecule has 0 atom stereocenters. The third-order valence-electron chi connectivity index (χ3n) is 1.79. The van der Waals surface area contributed by atoms with Gasteiger partial charge in [0.2, 0.25) is 0 Å². The van der Waals surface area contributed by atoms with Crippen molar-refractivity contribution in [1.82, 2.24) is 4.90 Å². The molecule has 0 saturated carbocycles. The number of hydrogen-bond donors (Lipinski definition) is 1. The molecule has 0 fully saturated rings. The van der Waals surface area contributed by atoms with Gasteiger partial charge < -0.3 is 5.11 Å². The summed E-state index contributed by atoms with van der Waals surface area (Å²) in [7, 11) is 0. The van der Waals surface area contributed by atoms with E-state index in [0.29, 0.717) is 6.54 Å². The van der Waals surface area contributed by atoms with E-state index in [1.807, 2.05) is 6.08 Å². The van der Waals surface area contributed by atoms with Gasteiger partial charge in [0, 0.05) is 19.6 Å². The Labute approximate surface area is 83.1 Å². The Kier molecular flexibility index (Phi) is 4.75. The summed E-state index contributed by atoms with van der Waals surface area (Å²) in [6.45, 7) is 6.34. The summed E-state index contributed by atoms with van der Waals surface area (Å²) < 4.78 is 0. The molecule has 0 saturated heterocycles. The molecular formula is C10H15NOS. The Morgan fingerprint density at radius 3 is 3.00 bits per heavy atom. The first-order chi connectivity index (χ1) is 6.36. The molecule has 1 aromatic rings. The first-order valence-electron chi connectivity index (χ1n) is 4.32. The standard InChI is InChI=1S/C10H15NOS/c1-2-4-11(5-6-12)8-10-3-7-13-9-10/h2-3,7,9,12H,1,4-6,8H2. The second kappa shape index (κ2) is 5.91. The monoisotopic (exact) mass is 197 g/mol. The SMILES string of the molecule is C=CCN(CCO)Cc1ccsc1. The average Bonchev–Trinajstić information content (AvgIpc) is 2.58. The molecule has 1 rings (SSSR count). The van der Waals surface area contributed by atoms with Crippen molar-refractivity contribution in [3.05, 3.63) is 35.0 Å². The van der Waals surface area contributed by atoms with Crippen LogP contribution in [0.4, 0.5) is 0 Å². The summed E-state index contributed by atoms with van der Waals surface area (Å²) in [5.41, 5.74) is 1.31. The maximum absolute atomic E-state index is 8.82. The van der Waals surface area contributed by atoms with Crippen molar-refractivity contribution >= 4 is 11.3 Å². The van der Waals surface area contributed by atoms with Crippen molar-refractivity contribution < 1.29 is 5.11 Å². The lowest BCUT2D eigenvalue weighted by molar-refractivity contribution is 0.203. The van der Waals surface area contributed by atoms with E-state index in [1.165, 1.54) is 5.56 Å². The topological polar surface area (TPSA) is 23.5 Å². The Morgan fingerprint density at radius 2 is 2.46 bits per heavy atom. The van der Waals surface area contributed by atoms with Crippen LogP contribution < -0.4 is 0 Å². The highest BCUT2D eigenvalue weighted by atomic mass is 32.1. The predicted molar refractivity (Wildman–Crippen MR) is 56.9 cm³/mol. The molecule has 72 valence electrons.